The van der Waals surface area contributed by atoms with E-state index in [0.717, 1.165) is 35.7 Å². The van der Waals surface area contributed by atoms with E-state index in [9.17, 15) is 8.42 Å². The third kappa shape index (κ3) is 5.56. The molecule has 1 unspecified atom stereocenters. The molecule has 1 aromatic heterocycles. The molecule has 0 aliphatic rings. The molecule has 0 N–H and O–H groups in total. The number of nitrogens with zero attached hydrogens (tertiary/aromatic N) is 3. The first kappa shape index (κ1) is 21.4. The number of sulfone groups is 1. The van der Waals surface area contributed by atoms with Gasteiger partial charge in [-0.3, -0.25) is 9.58 Å². The lowest BCUT2D eigenvalue weighted by Crippen LogP contribution is -2.24. The molecule has 1 aromatic carbocycles. The number of methoxy groups -OCH3 is 1. The lowest BCUT2D eigenvalue weighted by molar-refractivity contribution is 0.229. The van der Waals surface area contributed by atoms with Crippen molar-refractivity contribution in [3.8, 4) is 5.75 Å². The number of aromatic nitrogens is 2. The first-order valence-corrected chi connectivity index (χ1v) is 11.3. The molecule has 2 rings (SSSR count). The molecule has 7 heteroatoms. The Morgan fingerprint density at radius 2 is 2.00 bits per heavy atom. The Morgan fingerprint density at radius 3 is 2.59 bits per heavy atom. The van der Waals surface area contributed by atoms with Crippen LogP contribution in [0.25, 0.3) is 0 Å². The zero-order valence-corrected chi connectivity index (χ0v) is 18.0. The molecule has 27 heavy (non-hydrogen) atoms. The van der Waals surface area contributed by atoms with Gasteiger partial charge in [-0.2, -0.15) is 5.10 Å². The standard InChI is InChI=1S/C20H31N3O3S/c1-7-20(17-9-8-10-18(13-17)26-5)22(4)14-19-15(2)21-23(16(19)3)11-12-27(6,24)25/h8-10,13,20H,7,11-12,14H2,1-6H3. The largest absolute Gasteiger partial charge is 0.497 e. The summed E-state index contributed by atoms with van der Waals surface area (Å²) >= 11 is 0. The van der Waals surface area contributed by atoms with E-state index in [0.29, 0.717) is 6.54 Å². The summed E-state index contributed by atoms with van der Waals surface area (Å²) in [5, 5.41) is 4.56. The number of ether oxygens (including phenoxy) is 1. The van der Waals surface area contributed by atoms with Gasteiger partial charge in [0.1, 0.15) is 15.6 Å². The van der Waals surface area contributed by atoms with Gasteiger partial charge < -0.3 is 4.74 Å². The Kier molecular flexibility index (Phi) is 7.06. The van der Waals surface area contributed by atoms with Crippen LogP contribution >= 0.6 is 0 Å². The maximum Gasteiger partial charge on any atom is 0.149 e. The third-order valence-electron chi connectivity index (χ3n) is 5.01. The summed E-state index contributed by atoms with van der Waals surface area (Å²) in [4.78, 5) is 2.31. The average Bonchev–Trinajstić information content (AvgIpc) is 2.88. The first-order chi connectivity index (χ1) is 12.7. The molecular weight excluding hydrogens is 362 g/mol. The van der Waals surface area contributed by atoms with Crippen LogP contribution in [0.4, 0.5) is 0 Å². The van der Waals surface area contributed by atoms with Crippen molar-refractivity contribution < 1.29 is 13.2 Å². The summed E-state index contributed by atoms with van der Waals surface area (Å²) in [5.74, 6) is 0.964. The maximum atomic E-state index is 11.5. The number of hydrogen-bond acceptors (Lipinski definition) is 5. The maximum absolute atomic E-state index is 11.5. The van der Waals surface area contributed by atoms with E-state index in [2.05, 4.69) is 36.1 Å². The first-order valence-electron chi connectivity index (χ1n) is 9.21. The smallest absolute Gasteiger partial charge is 0.149 e. The van der Waals surface area contributed by atoms with Crippen LogP contribution in [0.5, 0.6) is 5.75 Å². The SMILES string of the molecule is CCC(c1cccc(OC)c1)N(C)Cc1c(C)nn(CCS(C)(=O)=O)c1C. The van der Waals surface area contributed by atoms with Crippen LogP contribution in [0.2, 0.25) is 0 Å². The van der Waals surface area contributed by atoms with Crippen LogP contribution in [0.15, 0.2) is 24.3 Å². The molecule has 1 atom stereocenters. The predicted molar refractivity (Wildman–Crippen MR) is 109 cm³/mol. The monoisotopic (exact) mass is 393 g/mol. The lowest BCUT2D eigenvalue weighted by Gasteiger charge is -2.28. The van der Waals surface area contributed by atoms with Crippen molar-refractivity contribution in [2.45, 2.75) is 46.3 Å². The topological polar surface area (TPSA) is 64.4 Å². The summed E-state index contributed by atoms with van der Waals surface area (Å²) in [6, 6.07) is 8.45. The highest BCUT2D eigenvalue weighted by molar-refractivity contribution is 7.90. The molecule has 150 valence electrons. The van der Waals surface area contributed by atoms with E-state index in [4.69, 9.17) is 4.74 Å². The lowest BCUT2D eigenvalue weighted by atomic mass is 10.0. The Balaban J connectivity index is 2.20. The van der Waals surface area contributed by atoms with Crippen LogP contribution in [-0.2, 0) is 22.9 Å². The van der Waals surface area contributed by atoms with E-state index >= 15 is 0 Å². The Labute approximate surface area is 163 Å². The van der Waals surface area contributed by atoms with Gasteiger partial charge in [0.25, 0.3) is 0 Å². The molecule has 0 aliphatic carbocycles. The number of rotatable bonds is 9. The second kappa shape index (κ2) is 8.89. The molecule has 0 amide bonds. The van der Waals surface area contributed by atoms with Gasteiger partial charge in [-0.15, -0.1) is 0 Å². The number of aryl methyl sites for hydroxylation is 2. The van der Waals surface area contributed by atoms with Crippen LogP contribution in [0.3, 0.4) is 0 Å². The second-order valence-corrected chi connectivity index (χ2v) is 9.38. The normalized spacial score (nSPS) is 13.1. The highest BCUT2D eigenvalue weighted by Crippen LogP contribution is 2.28. The van der Waals surface area contributed by atoms with Crippen LogP contribution in [0.1, 0.15) is 41.9 Å². The van der Waals surface area contributed by atoms with Gasteiger partial charge in [0.2, 0.25) is 0 Å². The predicted octanol–water partition coefficient (Wildman–Crippen LogP) is 3.14. The summed E-state index contributed by atoms with van der Waals surface area (Å²) < 4.78 is 30.1. The van der Waals surface area contributed by atoms with E-state index in [1.54, 1.807) is 7.11 Å². The van der Waals surface area contributed by atoms with Crippen LogP contribution < -0.4 is 4.74 Å². The van der Waals surface area contributed by atoms with Crippen molar-refractivity contribution in [1.29, 1.82) is 0 Å². The molecule has 6 nitrogen and oxygen atoms in total. The highest BCUT2D eigenvalue weighted by Gasteiger charge is 2.20. The Hall–Kier alpha value is -1.86. The Morgan fingerprint density at radius 1 is 1.30 bits per heavy atom. The van der Waals surface area contributed by atoms with E-state index in [1.165, 1.54) is 11.8 Å². The molecule has 0 fully saturated rings. The summed E-state index contributed by atoms with van der Waals surface area (Å²) in [5.41, 5.74) is 4.36. The molecule has 0 radical (unpaired) electrons. The van der Waals surface area contributed by atoms with Gasteiger partial charge in [-0.1, -0.05) is 19.1 Å². The average molecular weight is 394 g/mol. The minimum Gasteiger partial charge on any atom is -0.497 e. The number of hydrogen-bond donors (Lipinski definition) is 0. The summed E-state index contributed by atoms with van der Waals surface area (Å²) in [6.07, 6.45) is 2.23. The van der Waals surface area contributed by atoms with Gasteiger partial charge in [-0.25, -0.2) is 8.42 Å². The highest BCUT2D eigenvalue weighted by atomic mass is 32.2. The molecule has 0 saturated carbocycles. The van der Waals surface area contributed by atoms with Crippen molar-refractivity contribution in [2.24, 2.45) is 0 Å². The Bertz CT molecular complexity index is 875. The van der Waals surface area contributed by atoms with Crippen molar-refractivity contribution in [3.05, 3.63) is 46.8 Å². The summed E-state index contributed by atoms with van der Waals surface area (Å²) in [6.45, 7) is 7.32. The fraction of sp³-hybridized carbons (Fsp3) is 0.550. The van der Waals surface area contributed by atoms with E-state index in [1.807, 2.05) is 30.7 Å². The molecule has 0 bridgehead atoms. The van der Waals surface area contributed by atoms with Gasteiger partial charge in [0, 0.05) is 30.1 Å². The van der Waals surface area contributed by atoms with Gasteiger partial charge >= 0.3 is 0 Å². The van der Waals surface area contributed by atoms with Crippen molar-refractivity contribution in [1.82, 2.24) is 14.7 Å². The van der Waals surface area contributed by atoms with Gasteiger partial charge in [0.05, 0.1) is 25.1 Å². The van der Waals surface area contributed by atoms with E-state index < -0.39 is 9.84 Å². The molecule has 2 aromatic rings. The zero-order valence-electron chi connectivity index (χ0n) is 17.2. The van der Waals surface area contributed by atoms with Crippen LogP contribution in [0, 0.1) is 13.8 Å². The molecular formula is C20H31N3O3S. The minimum atomic E-state index is -3.01. The van der Waals surface area contributed by atoms with Crippen molar-refractivity contribution >= 4 is 9.84 Å². The quantitative estimate of drug-likeness (QED) is 0.655. The van der Waals surface area contributed by atoms with Gasteiger partial charge in [0.15, 0.2) is 0 Å². The second-order valence-electron chi connectivity index (χ2n) is 7.12. The van der Waals surface area contributed by atoms with Gasteiger partial charge in [-0.05, 0) is 45.0 Å². The minimum absolute atomic E-state index is 0.103. The molecule has 1 heterocycles. The van der Waals surface area contributed by atoms with Crippen molar-refractivity contribution in [3.63, 3.8) is 0 Å². The van der Waals surface area contributed by atoms with Crippen molar-refractivity contribution in [2.75, 3.05) is 26.2 Å². The molecule has 0 spiro atoms. The van der Waals surface area contributed by atoms with Crippen LogP contribution in [-0.4, -0.2) is 49.3 Å². The molecule has 0 saturated heterocycles. The van der Waals surface area contributed by atoms with E-state index in [-0.39, 0.29) is 11.8 Å². The fourth-order valence-electron chi connectivity index (χ4n) is 3.44. The molecule has 0 aliphatic heterocycles. The zero-order chi connectivity index (χ0) is 20.2. The third-order valence-corrected chi connectivity index (χ3v) is 5.93. The fourth-order valence-corrected chi connectivity index (χ4v) is 3.95. The summed E-state index contributed by atoms with van der Waals surface area (Å²) in [7, 11) is 0.785. The number of benzene rings is 1.